The first kappa shape index (κ1) is 10.4. The van der Waals surface area contributed by atoms with Crippen LogP contribution < -0.4 is 5.32 Å². The third kappa shape index (κ3) is 2.69. The van der Waals surface area contributed by atoms with Crippen molar-refractivity contribution in [3.63, 3.8) is 0 Å². The summed E-state index contributed by atoms with van der Waals surface area (Å²) in [7, 11) is 0. The minimum Gasteiger partial charge on any atom is -0.380 e. The van der Waals surface area contributed by atoms with Crippen molar-refractivity contribution in [1.29, 1.82) is 0 Å². The van der Waals surface area contributed by atoms with E-state index in [-0.39, 0.29) is 0 Å². The lowest BCUT2D eigenvalue weighted by Gasteiger charge is -2.23. The quantitative estimate of drug-likeness (QED) is 0.678. The van der Waals surface area contributed by atoms with Crippen LogP contribution in [0.5, 0.6) is 0 Å². The van der Waals surface area contributed by atoms with Gasteiger partial charge in [0.25, 0.3) is 0 Å². The summed E-state index contributed by atoms with van der Waals surface area (Å²) in [6.45, 7) is 7.39. The number of hydrogen-bond acceptors (Lipinski definition) is 3. The van der Waals surface area contributed by atoms with E-state index in [9.17, 15) is 0 Å². The summed E-state index contributed by atoms with van der Waals surface area (Å²) in [5, 5.41) is 3.69. The molecular formula is C11H22N2O. The van der Waals surface area contributed by atoms with Gasteiger partial charge in [-0.05, 0) is 32.7 Å². The number of rotatable bonds is 4. The van der Waals surface area contributed by atoms with Crippen LogP contribution >= 0.6 is 0 Å². The molecular weight excluding hydrogens is 176 g/mol. The van der Waals surface area contributed by atoms with Crippen molar-refractivity contribution in [1.82, 2.24) is 10.2 Å². The number of likely N-dealkylation sites (tertiary alicyclic amines) is 1. The molecule has 2 atom stereocenters. The van der Waals surface area contributed by atoms with Gasteiger partial charge in [-0.15, -0.1) is 0 Å². The van der Waals surface area contributed by atoms with Gasteiger partial charge >= 0.3 is 0 Å². The third-order valence-electron chi connectivity index (χ3n) is 3.36. The fourth-order valence-electron chi connectivity index (χ4n) is 2.56. The van der Waals surface area contributed by atoms with Gasteiger partial charge in [-0.3, -0.25) is 4.90 Å². The second-order valence-corrected chi connectivity index (χ2v) is 4.42. The van der Waals surface area contributed by atoms with Crippen LogP contribution in [0, 0.1) is 0 Å². The molecule has 0 aliphatic carbocycles. The molecule has 82 valence electrons. The Hall–Kier alpha value is -0.120. The van der Waals surface area contributed by atoms with Gasteiger partial charge in [0.2, 0.25) is 0 Å². The maximum atomic E-state index is 5.40. The maximum absolute atomic E-state index is 5.40. The van der Waals surface area contributed by atoms with E-state index in [1.807, 2.05) is 0 Å². The predicted molar refractivity (Wildman–Crippen MR) is 57.5 cm³/mol. The number of hydrogen-bond donors (Lipinski definition) is 1. The molecule has 1 N–H and O–H groups in total. The van der Waals surface area contributed by atoms with Gasteiger partial charge in [0, 0.05) is 31.8 Å². The van der Waals surface area contributed by atoms with Crippen molar-refractivity contribution in [3.05, 3.63) is 0 Å². The normalized spacial score (nSPS) is 33.2. The second kappa shape index (κ2) is 5.10. The Morgan fingerprint density at radius 3 is 3.00 bits per heavy atom. The molecule has 0 amide bonds. The van der Waals surface area contributed by atoms with Crippen molar-refractivity contribution >= 4 is 0 Å². The molecule has 0 saturated carbocycles. The van der Waals surface area contributed by atoms with E-state index in [0.717, 1.165) is 31.8 Å². The zero-order valence-corrected chi connectivity index (χ0v) is 9.17. The Kier molecular flexibility index (Phi) is 3.79. The summed E-state index contributed by atoms with van der Waals surface area (Å²) >= 11 is 0. The zero-order chi connectivity index (χ0) is 9.80. The monoisotopic (exact) mass is 198 g/mol. The molecule has 0 aromatic carbocycles. The van der Waals surface area contributed by atoms with E-state index in [1.165, 1.54) is 32.4 Å². The highest BCUT2D eigenvalue weighted by Crippen LogP contribution is 2.19. The van der Waals surface area contributed by atoms with Crippen LogP contribution in [0.4, 0.5) is 0 Å². The summed E-state index contributed by atoms with van der Waals surface area (Å²) in [5.41, 5.74) is 0. The van der Waals surface area contributed by atoms with E-state index in [4.69, 9.17) is 4.74 Å². The van der Waals surface area contributed by atoms with Crippen LogP contribution in [0.1, 0.15) is 26.2 Å². The minimum atomic E-state index is 0.754. The van der Waals surface area contributed by atoms with Crippen LogP contribution in [0.2, 0.25) is 0 Å². The van der Waals surface area contributed by atoms with E-state index in [1.54, 1.807) is 0 Å². The highest BCUT2D eigenvalue weighted by Gasteiger charge is 2.28. The van der Waals surface area contributed by atoms with Crippen molar-refractivity contribution in [2.24, 2.45) is 0 Å². The molecule has 2 unspecified atom stereocenters. The lowest BCUT2D eigenvalue weighted by Crippen LogP contribution is -2.37. The molecule has 2 aliphatic heterocycles. The molecule has 2 fully saturated rings. The van der Waals surface area contributed by atoms with Gasteiger partial charge in [-0.2, -0.15) is 0 Å². The average Bonchev–Trinajstić information content (AvgIpc) is 2.50. The first-order valence-electron chi connectivity index (χ1n) is 5.94. The molecule has 3 nitrogen and oxygen atoms in total. The summed E-state index contributed by atoms with van der Waals surface area (Å²) < 4.78 is 5.40. The molecule has 2 saturated heterocycles. The molecule has 0 aromatic rings. The first-order valence-corrected chi connectivity index (χ1v) is 5.94. The van der Waals surface area contributed by atoms with Crippen LogP contribution in [-0.4, -0.2) is 49.8 Å². The summed E-state index contributed by atoms with van der Waals surface area (Å²) in [4.78, 5) is 2.55. The SMILES string of the molecule is CCOCCN1CCC2CCC(C1)N2. The molecule has 3 heteroatoms. The third-order valence-corrected chi connectivity index (χ3v) is 3.36. The van der Waals surface area contributed by atoms with Gasteiger partial charge in [0.05, 0.1) is 6.61 Å². The van der Waals surface area contributed by atoms with E-state index in [0.29, 0.717) is 0 Å². The Balaban J connectivity index is 1.72. The summed E-state index contributed by atoms with van der Waals surface area (Å²) in [6.07, 6.45) is 4.09. The van der Waals surface area contributed by atoms with Crippen molar-refractivity contribution in [2.45, 2.75) is 38.3 Å². The van der Waals surface area contributed by atoms with Gasteiger partial charge in [0.1, 0.15) is 0 Å². The summed E-state index contributed by atoms with van der Waals surface area (Å²) in [5.74, 6) is 0. The molecule has 2 heterocycles. The van der Waals surface area contributed by atoms with Crippen LogP contribution in [-0.2, 0) is 4.74 Å². The minimum absolute atomic E-state index is 0.754. The Morgan fingerprint density at radius 2 is 2.14 bits per heavy atom. The van der Waals surface area contributed by atoms with Gasteiger partial charge in [-0.1, -0.05) is 0 Å². The van der Waals surface area contributed by atoms with Crippen LogP contribution in [0.3, 0.4) is 0 Å². The number of nitrogens with zero attached hydrogens (tertiary/aromatic N) is 1. The van der Waals surface area contributed by atoms with Gasteiger partial charge < -0.3 is 10.1 Å². The number of nitrogens with one attached hydrogen (secondary N) is 1. The highest BCUT2D eigenvalue weighted by atomic mass is 16.5. The van der Waals surface area contributed by atoms with E-state index < -0.39 is 0 Å². The number of fused-ring (bicyclic) bond motifs is 2. The fraction of sp³-hybridized carbons (Fsp3) is 1.00. The molecule has 0 aromatic heterocycles. The zero-order valence-electron chi connectivity index (χ0n) is 9.17. The number of ether oxygens (including phenoxy) is 1. The van der Waals surface area contributed by atoms with Crippen LogP contribution in [0.25, 0.3) is 0 Å². The fourth-order valence-corrected chi connectivity index (χ4v) is 2.56. The van der Waals surface area contributed by atoms with Crippen molar-refractivity contribution in [2.75, 3.05) is 32.8 Å². The average molecular weight is 198 g/mol. The lowest BCUT2D eigenvalue weighted by atomic mass is 10.1. The topological polar surface area (TPSA) is 24.5 Å². The standard InChI is InChI=1S/C11H22N2O/c1-2-14-8-7-13-6-5-10-3-4-11(9-13)12-10/h10-12H,2-9H2,1H3. The largest absolute Gasteiger partial charge is 0.380 e. The molecule has 0 radical (unpaired) electrons. The Morgan fingerprint density at radius 1 is 1.29 bits per heavy atom. The lowest BCUT2D eigenvalue weighted by molar-refractivity contribution is 0.111. The molecule has 14 heavy (non-hydrogen) atoms. The van der Waals surface area contributed by atoms with Crippen molar-refractivity contribution in [3.8, 4) is 0 Å². The molecule has 2 aliphatic rings. The predicted octanol–water partition coefficient (Wildman–Crippen LogP) is 0.849. The molecule has 2 bridgehead atoms. The van der Waals surface area contributed by atoms with E-state index >= 15 is 0 Å². The Labute approximate surface area is 86.8 Å². The smallest absolute Gasteiger partial charge is 0.0593 e. The van der Waals surface area contributed by atoms with Crippen molar-refractivity contribution < 1.29 is 4.74 Å². The molecule has 2 rings (SSSR count). The van der Waals surface area contributed by atoms with Gasteiger partial charge in [-0.25, -0.2) is 0 Å². The van der Waals surface area contributed by atoms with Gasteiger partial charge in [0.15, 0.2) is 0 Å². The van der Waals surface area contributed by atoms with E-state index in [2.05, 4.69) is 17.1 Å². The summed E-state index contributed by atoms with van der Waals surface area (Å²) in [6, 6.07) is 1.56. The Bertz CT molecular complexity index is 175. The first-order chi connectivity index (χ1) is 6.88. The molecule has 0 spiro atoms. The van der Waals surface area contributed by atoms with Crippen LogP contribution in [0.15, 0.2) is 0 Å². The maximum Gasteiger partial charge on any atom is 0.0593 e. The second-order valence-electron chi connectivity index (χ2n) is 4.42. The highest BCUT2D eigenvalue weighted by molar-refractivity contribution is 4.89.